The topological polar surface area (TPSA) is 128 Å². The summed E-state index contributed by atoms with van der Waals surface area (Å²) in [7, 11) is 0. The van der Waals surface area contributed by atoms with Gasteiger partial charge in [0.25, 0.3) is 5.91 Å². The van der Waals surface area contributed by atoms with E-state index in [9.17, 15) is 9.90 Å². The van der Waals surface area contributed by atoms with Gasteiger partial charge in [0.2, 0.25) is 0 Å². The van der Waals surface area contributed by atoms with Gasteiger partial charge in [-0.2, -0.15) is 0 Å². The number of oxime groups is 1. The molecular formula is C11H15N3O4. The van der Waals surface area contributed by atoms with Crippen molar-refractivity contribution in [3.8, 4) is 11.5 Å². The largest absolute Gasteiger partial charge is 0.504 e. The van der Waals surface area contributed by atoms with Crippen molar-refractivity contribution in [2.75, 3.05) is 0 Å². The molecule has 0 spiro atoms. The maximum atomic E-state index is 11.7. The third kappa shape index (κ3) is 3.55. The highest BCUT2D eigenvalue weighted by molar-refractivity contribution is 5.95. The Balaban J connectivity index is 2.67. The number of benzene rings is 1. The first-order chi connectivity index (χ1) is 8.43. The van der Waals surface area contributed by atoms with Gasteiger partial charge in [-0.3, -0.25) is 4.79 Å². The molecule has 6 N–H and O–H groups in total. The molecule has 18 heavy (non-hydrogen) atoms. The Morgan fingerprint density at radius 1 is 1.44 bits per heavy atom. The number of carbonyl (C=O) groups excluding carboxylic acids is 1. The maximum absolute atomic E-state index is 11.7. The summed E-state index contributed by atoms with van der Waals surface area (Å²) >= 11 is 0. The lowest BCUT2D eigenvalue weighted by Gasteiger charge is -2.13. The first-order valence-corrected chi connectivity index (χ1v) is 5.23. The summed E-state index contributed by atoms with van der Waals surface area (Å²) in [5.74, 6) is -1.08. The number of phenolic OH excluding ortho intramolecular Hbond substituents is 2. The summed E-state index contributed by atoms with van der Waals surface area (Å²) < 4.78 is 0. The van der Waals surface area contributed by atoms with Crippen LogP contribution in [-0.2, 0) is 0 Å². The third-order valence-corrected chi connectivity index (χ3v) is 2.26. The molecule has 0 bridgehead atoms. The van der Waals surface area contributed by atoms with Gasteiger partial charge in [-0.1, -0.05) is 5.16 Å². The SMILES string of the molecule is CC(C/C(N)=N/O)NC(=O)c1ccc(O)c(O)c1. The lowest BCUT2D eigenvalue weighted by Crippen LogP contribution is -2.35. The van der Waals surface area contributed by atoms with Crippen molar-refractivity contribution in [1.82, 2.24) is 5.32 Å². The second-order valence-corrected chi connectivity index (χ2v) is 3.87. The minimum absolute atomic E-state index is 0.0105. The number of hydrogen-bond acceptors (Lipinski definition) is 5. The Morgan fingerprint density at radius 3 is 2.67 bits per heavy atom. The summed E-state index contributed by atoms with van der Waals surface area (Å²) in [6.45, 7) is 1.69. The number of carbonyl (C=O) groups is 1. The van der Waals surface area contributed by atoms with Crippen LogP contribution >= 0.6 is 0 Å². The highest BCUT2D eigenvalue weighted by atomic mass is 16.4. The number of nitrogens with two attached hydrogens (primary N) is 1. The highest BCUT2D eigenvalue weighted by Crippen LogP contribution is 2.24. The average Bonchev–Trinajstić information content (AvgIpc) is 2.32. The number of aromatic hydroxyl groups is 2. The molecule has 0 heterocycles. The lowest BCUT2D eigenvalue weighted by molar-refractivity contribution is 0.0940. The maximum Gasteiger partial charge on any atom is 0.251 e. The van der Waals surface area contributed by atoms with Gasteiger partial charge in [-0.05, 0) is 25.1 Å². The molecule has 0 aromatic heterocycles. The predicted octanol–water partition coefficient (Wildman–Crippen LogP) is 0.353. The second-order valence-electron chi connectivity index (χ2n) is 3.87. The molecule has 1 unspecified atom stereocenters. The molecule has 0 aliphatic rings. The Labute approximate surface area is 104 Å². The number of amides is 1. The zero-order chi connectivity index (χ0) is 13.7. The van der Waals surface area contributed by atoms with Crippen LogP contribution < -0.4 is 11.1 Å². The van der Waals surface area contributed by atoms with E-state index < -0.39 is 5.91 Å². The van der Waals surface area contributed by atoms with Crippen LogP contribution in [-0.4, -0.2) is 33.2 Å². The second kappa shape index (κ2) is 5.76. The molecule has 1 aromatic rings. The van der Waals surface area contributed by atoms with E-state index in [-0.39, 0.29) is 35.4 Å². The third-order valence-electron chi connectivity index (χ3n) is 2.26. The van der Waals surface area contributed by atoms with Gasteiger partial charge in [-0.25, -0.2) is 0 Å². The Kier molecular flexibility index (Phi) is 4.36. The van der Waals surface area contributed by atoms with Gasteiger partial charge >= 0.3 is 0 Å². The molecule has 0 aliphatic carbocycles. The standard InChI is InChI=1S/C11H15N3O4/c1-6(4-10(12)14-18)13-11(17)7-2-3-8(15)9(16)5-7/h2-3,5-6,15-16,18H,4H2,1H3,(H2,12,14)(H,13,17). The quantitative estimate of drug-likeness (QED) is 0.174. The molecule has 0 radical (unpaired) electrons. The number of rotatable bonds is 4. The van der Waals surface area contributed by atoms with Crippen LogP contribution in [0.4, 0.5) is 0 Å². The molecule has 1 rings (SSSR count). The summed E-state index contributed by atoms with van der Waals surface area (Å²) in [6, 6.07) is 3.42. The summed E-state index contributed by atoms with van der Waals surface area (Å²) in [5, 5.41) is 32.2. The van der Waals surface area contributed by atoms with Crippen LogP contribution in [0.15, 0.2) is 23.4 Å². The molecule has 1 amide bonds. The first-order valence-electron chi connectivity index (χ1n) is 5.23. The van der Waals surface area contributed by atoms with Gasteiger partial charge < -0.3 is 26.5 Å². The molecule has 0 fully saturated rings. The predicted molar refractivity (Wildman–Crippen MR) is 64.7 cm³/mol. The van der Waals surface area contributed by atoms with Crippen molar-refractivity contribution in [2.24, 2.45) is 10.9 Å². The molecule has 1 aromatic carbocycles. The fraction of sp³-hybridized carbons (Fsp3) is 0.273. The molecule has 0 saturated carbocycles. The van der Waals surface area contributed by atoms with Crippen LogP contribution in [0.3, 0.4) is 0 Å². The highest BCUT2D eigenvalue weighted by Gasteiger charge is 2.12. The van der Waals surface area contributed by atoms with E-state index in [1.165, 1.54) is 12.1 Å². The molecule has 0 aliphatic heterocycles. The van der Waals surface area contributed by atoms with Crippen molar-refractivity contribution >= 4 is 11.7 Å². The summed E-state index contributed by atoms with van der Waals surface area (Å²) in [5.41, 5.74) is 5.51. The minimum Gasteiger partial charge on any atom is -0.504 e. The van der Waals surface area contributed by atoms with Crippen molar-refractivity contribution in [3.63, 3.8) is 0 Å². The van der Waals surface area contributed by atoms with Crippen LogP contribution in [0.5, 0.6) is 11.5 Å². The number of hydrogen-bond donors (Lipinski definition) is 5. The van der Waals surface area contributed by atoms with E-state index in [1.807, 2.05) is 0 Å². The van der Waals surface area contributed by atoms with Crippen LogP contribution in [0, 0.1) is 0 Å². The Morgan fingerprint density at radius 2 is 2.11 bits per heavy atom. The van der Waals surface area contributed by atoms with E-state index in [2.05, 4.69) is 10.5 Å². The van der Waals surface area contributed by atoms with Crippen LogP contribution in [0.2, 0.25) is 0 Å². The lowest BCUT2D eigenvalue weighted by atomic mass is 10.1. The van der Waals surface area contributed by atoms with Crippen molar-refractivity contribution < 1.29 is 20.2 Å². The van der Waals surface area contributed by atoms with Crippen molar-refractivity contribution in [1.29, 1.82) is 0 Å². The zero-order valence-corrected chi connectivity index (χ0v) is 9.79. The molecule has 0 saturated heterocycles. The zero-order valence-electron chi connectivity index (χ0n) is 9.79. The minimum atomic E-state index is -0.427. The van der Waals surface area contributed by atoms with Crippen molar-refractivity contribution in [2.45, 2.75) is 19.4 Å². The van der Waals surface area contributed by atoms with Gasteiger partial charge in [-0.15, -0.1) is 0 Å². The molecule has 1 atom stereocenters. The van der Waals surface area contributed by atoms with E-state index in [0.717, 1.165) is 6.07 Å². The molecular weight excluding hydrogens is 238 g/mol. The Bertz CT molecular complexity index is 473. The van der Waals surface area contributed by atoms with Crippen LogP contribution in [0.1, 0.15) is 23.7 Å². The Hall–Kier alpha value is -2.44. The van der Waals surface area contributed by atoms with E-state index in [0.29, 0.717) is 0 Å². The fourth-order valence-corrected chi connectivity index (χ4v) is 1.38. The van der Waals surface area contributed by atoms with Crippen LogP contribution in [0.25, 0.3) is 0 Å². The molecule has 7 heteroatoms. The van der Waals surface area contributed by atoms with Gasteiger partial charge in [0.1, 0.15) is 5.84 Å². The van der Waals surface area contributed by atoms with E-state index in [1.54, 1.807) is 6.92 Å². The first kappa shape index (κ1) is 13.6. The van der Waals surface area contributed by atoms with Crippen molar-refractivity contribution in [3.05, 3.63) is 23.8 Å². The monoisotopic (exact) mass is 253 g/mol. The number of phenols is 2. The summed E-state index contributed by atoms with van der Waals surface area (Å²) in [4.78, 5) is 11.7. The van der Waals surface area contributed by atoms with E-state index >= 15 is 0 Å². The smallest absolute Gasteiger partial charge is 0.251 e. The van der Waals surface area contributed by atoms with E-state index in [4.69, 9.17) is 16.0 Å². The average molecular weight is 253 g/mol. The van der Waals surface area contributed by atoms with Gasteiger partial charge in [0.05, 0.1) is 0 Å². The molecule has 98 valence electrons. The number of nitrogens with zero attached hydrogens (tertiary/aromatic N) is 1. The fourth-order valence-electron chi connectivity index (χ4n) is 1.38. The number of nitrogens with one attached hydrogen (secondary N) is 1. The normalized spacial score (nSPS) is 13.1. The van der Waals surface area contributed by atoms with Gasteiger partial charge in [0, 0.05) is 18.0 Å². The molecule has 7 nitrogen and oxygen atoms in total. The van der Waals surface area contributed by atoms with Gasteiger partial charge in [0.15, 0.2) is 11.5 Å². The number of amidine groups is 1. The summed E-state index contributed by atoms with van der Waals surface area (Å²) in [6.07, 6.45) is 0.201.